The molecule has 21 heavy (non-hydrogen) atoms. The summed E-state index contributed by atoms with van der Waals surface area (Å²) in [6.07, 6.45) is 1.42. The van der Waals surface area contributed by atoms with Crippen LogP contribution in [0.2, 0.25) is 5.02 Å². The van der Waals surface area contributed by atoms with E-state index in [0.717, 1.165) is 17.5 Å². The summed E-state index contributed by atoms with van der Waals surface area (Å²) in [6.45, 7) is 2.36. The fourth-order valence-electron chi connectivity index (χ4n) is 2.05. The smallest absolute Gasteiger partial charge is 0.123 e. The van der Waals surface area contributed by atoms with Crippen LogP contribution in [0.3, 0.4) is 0 Å². The zero-order valence-electron chi connectivity index (χ0n) is 12.0. The number of halogens is 2. The Morgan fingerprint density at radius 2 is 1.95 bits per heavy atom. The number of hydrogen-bond acceptors (Lipinski definition) is 2. The highest BCUT2D eigenvalue weighted by Crippen LogP contribution is 2.24. The van der Waals surface area contributed by atoms with Crippen LogP contribution >= 0.6 is 11.6 Å². The van der Waals surface area contributed by atoms with Crippen LogP contribution in [0.25, 0.3) is 0 Å². The van der Waals surface area contributed by atoms with Gasteiger partial charge in [0.1, 0.15) is 18.2 Å². The first-order valence-corrected chi connectivity index (χ1v) is 7.38. The van der Waals surface area contributed by atoms with E-state index in [1.54, 1.807) is 6.07 Å². The predicted octanol–water partition coefficient (Wildman–Crippen LogP) is 4.34. The van der Waals surface area contributed by atoms with Crippen LogP contribution in [0.15, 0.2) is 42.5 Å². The van der Waals surface area contributed by atoms with Gasteiger partial charge in [-0.1, -0.05) is 36.7 Å². The maximum atomic E-state index is 13.4. The number of ether oxygens (including phenoxy) is 1. The van der Waals surface area contributed by atoms with Crippen molar-refractivity contribution in [2.45, 2.75) is 32.4 Å². The second kappa shape index (κ2) is 7.43. The largest absolute Gasteiger partial charge is 0.489 e. The van der Waals surface area contributed by atoms with Crippen LogP contribution in [0.1, 0.15) is 24.5 Å². The molecule has 112 valence electrons. The molecule has 0 aliphatic rings. The van der Waals surface area contributed by atoms with E-state index in [-0.39, 0.29) is 11.9 Å². The van der Waals surface area contributed by atoms with Crippen molar-refractivity contribution in [3.05, 3.63) is 64.4 Å². The van der Waals surface area contributed by atoms with E-state index >= 15 is 0 Å². The minimum atomic E-state index is -0.279. The molecule has 2 rings (SSSR count). The van der Waals surface area contributed by atoms with E-state index in [0.29, 0.717) is 23.8 Å². The molecule has 0 saturated carbocycles. The van der Waals surface area contributed by atoms with E-state index in [1.165, 1.54) is 12.1 Å². The summed E-state index contributed by atoms with van der Waals surface area (Å²) in [4.78, 5) is 0. The molecule has 4 heteroatoms. The summed E-state index contributed by atoms with van der Waals surface area (Å²) < 4.78 is 19.2. The average Bonchev–Trinajstić information content (AvgIpc) is 2.48. The molecule has 0 aliphatic carbocycles. The number of hydrogen-bond donors (Lipinski definition) is 1. The molecule has 0 saturated heterocycles. The Morgan fingerprint density at radius 3 is 2.67 bits per heavy atom. The molecule has 2 aromatic rings. The Kier molecular flexibility index (Phi) is 5.59. The third kappa shape index (κ3) is 4.45. The minimum absolute atomic E-state index is 0.00513. The van der Waals surface area contributed by atoms with Crippen molar-refractivity contribution < 1.29 is 9.13 Å². The van der Waals surface area contributed by atoms with Crippen LogP contribution in [-0.2, 0) is 13.0 Å². The van der Waals surface area contributed by atoms with Gasteiger partial charge >= 0.3 is 0 Å². The Labute approximate surface area is 129 Å². The molecular formula is C17H19ClFNO. The van der Waals surface area contributed by atoms with Gasteiger partial charge in [0.25, 0.3) is 0 Å². The Hall–Kier alpha value is -1.58. The SMILES string of the molecule is CCC(N)Cc1cc(F)ccc1OCc1ccccc1Cl. The van der Waals surface area contributed by atoms with Crippen LogP contribution < -0.4 is 10.5 Å². The molecule has 0 aromatic heterocycles. The summed E-state index contributed by atoms with van der Waals surface area (Å²) >= 11 is 6.10. The van der Waals surface area contributed by atoms with Crippen LogP contribution in [0, 0.1) is 5.82 Å². The summed E-state index contributed by atoms with van der Waals surface area (Å²) in [5.41, 5.74) is 7.64. The standard InChI is InChI=1S/C17H19ClFNO/c1-2-15(20)10-13-9-14(19)7-8-17(13)21-11-12-5-3-4-6-16(12)18/h3-9,15H,2,10-11,20H2,1H3. The van der Waals surface area contributed by atoms with Gasteiger partial charge in [0.05, 0.1) is 0 Å². The molecule has 0 radical (unpaired) electrons. The van der Waals surface area contributed by atoms with Crippen LogP contribution in [0.4, 0.5) is 4.39 Å². The van der Waals surface area contributed by atoms with E-state index in [4.69, 9.17) is 22.1 Å². The zero-order valence-corrected chi connectivity index (χ0v) is 12.7. The molecule has 0 aliphatic heterocycles. The molecule has 0 fully saturated rings. The molecule has 2 N–H and O–H groups in total. The van der Waals surface area contributed by atoms with Gasteiger partial charge in [0, 0.05) is 16.6 Å². The summed E-state index contributed by atoms with van der Waals surface area (Å²) in [5.74, 6) is 0.374. The van der Waals surface area contributed by atoms with Crippen molar-refractivity contribution >= 4 is 11.6 Å². The predicted molar refractivity (Wildman–Crippen MR) is 84.2 cm³/mol. The third-order valence-corrected chi connectivity index (χ3v) is 3.74. The monoisotopic (exact) mass is 307 g/mol. The Morgan fingerprint density at radius 1 is 1.19 bits per heavy atom. The average molecular weight is 308 g/mol. The first-order chi connectivity index (χ1) is 10.1. The minimum Gasteiger partial charge on any atom is -0.489 e. The molecule has 2 aromatic carbocycles. The molecule has 0 bridgehead atoms. The van der Waals surface area contributed by atoms with Crippen molar-refractivity contribution in [3.63, 3.8) is 0 Å². The van der Waals surface area contributed by atoms with Gasteiger partial charge in [-0.3, -0.25) is 0 Å². The van der Waals surface area contributed by atoms with Crippen molar-refractivity contribution in [1.82, 2.24) is 0 Å². The van der Waals surface area contributed by atoms with Gasteiger partial charge in [-0.25, -0.2) is 4.39 Å². The van der Waals surface area contributed by atoms with Gasteiger partial charge in [0.15, 0.2) is 0 Å². The number of nitrogens with two attached hydrogens (primary N) is 1. The molecule has 0 amide bonds. The Bertz CT molecular complexity index is 603. The molecule has 0 heterocycles. The second-order valence-corrected chi connectivity index (χ2v) is 5.41. The van der Waals surface area contributed by atoms with E-state index in [9.17, 15) is 4.39 Å². The van der Waals surface area contributed by atoms with Gasteiger partial charge < -0.3 is 10.5 Å². The van der Waals surface area contributed by atoms with Crippen molar-refractivity contribution in [2.24, 2.45) is 5.73 Å². The fraction of sp³-hybridized carbons (Fsp3) is 0.294. The number of rotatable bonds is 6. The third-order valence-electron chi connectivity index (χ3n) is 3.37. The topological polar surface area (TPSA) is 35.2 Å². The molecule has 2 nitrogen and oxygen atoms in total. The zero-order chi connectivity index (χ0) is 15.2. The van der Waals surface area contributed by atoms with Crippen LogP contribution in [-0.4, -0.2) is 6.04 Å². The maximum absolute atomic E-state index is 13.4. The molecule has 1 atom stereocenters. The van der Waals surface area contributed by atoms with Gasteiger partial charge in [0.2, 0.25) is 0 Å². The lowest BCUT2D eigenvalue weighted by atomic mass is 10.0. The number of benzene rings is 2. The fourth-order valence-corrected chi connectivity index (χ4v) is 2.24. The molecular weight excluding hydrogens is 289 g/mol. The van der Waals surface area contributed by atoms with Gasteiger partial charge in [-0.2, -0.15) is 0 Å². The van der Waals surface area contributed by atoms with E-state index in [2.05, 4.69) is 0 Å². The maximum Gasteiger partial charge on any atom is 0.123 e. The first kappa shape index (κ1) is 15.8. The van der Waals surface area contributed by atoms with Crippen molar-refractivity contribution in [3.8, 4) is 5.75 Å². The lowest BCUT2D eigenvalue weighted by Gasteiger charge is -2.15. The lowest BCUT2D eigenvalue weighted by Crippen LogP contribution is -2.21. The van der Waals surface area contributed by atoms with Crippen LogP contribution in [0.5, 0.6) is 5.75 Å². The van der Waals surface area contributed by atoms with Crippen molar-refractivity contribution in [2.75, 3.05) is 0 Å². The Balaban J connectivity index is 2.14. The van der Waals surface area contributed by atoms with Gasteiger partial charge in [-0.05, 0) is 42.7 Å². The van der Waals surface area contributed by atoms with Crippen molar-refractivity contribution in [1.29, 1.82) is 0 Å². The highest BCUT2D eigenvalue weighted by molar-refractivity contribution is 6.31. The second-order valence-electron chi connectivity index (χ2n) is 5.00. The molecule has 1 unspecified atom stereocenters. The lowest BCUT2D eigenvalue weighted by molar-refractivity contribution is 0.301. The highest BCUT2D eigenvalue weighted by Gasteiger charge is 2.10. The normalized spacial score (nSPS) is 12.2. The summed E-state index contributed by atoms with van der Waals surface area (Å²) in [6, 6.07) is 12.0. The first-order valence-electron chi connectivity index (χ1n) is 7.00. The van der Waals surface area contributed by atoms with E-state index < -0.39 is 0 Å². The van der Waals surface area contributed by atoms with E-state index in [1.807, 2.05) is 31.2 Å². The van der Waals surface area contributed by atoms with Gasteiger partial charge in [-0.15, -0.1) is 0 Å². The summed E-state index contributed by atoms with van der Waals surface area (Å²) in [7, 11) is 0. The molecule has 0 spiro atoms. The highest BCUT2D eigenvalue weighted by atomic mass is 35.5. The summed E-state index contributed by atoms with van der Waals surface area (Å²) in [5, 5.41) is 0.659. The quantitative estimate of drug-likeness (QED) is 0.861.